The maximum atomic E-state index is 12.9. The number of ether oxygens (including phenoxy) is 2. The Morgan fingerprint density at radius 1 is 0.789 bits per heavy atom. The zero-order chi connectivity index (χ0) is 27.3. The zero-order valence-electron chi connectivity index (χ0n) is 22.9. The van der Waals surface area contributed by atoms with Crippen LogP contribution in [0.4, 0.5) is 0 Å². The molecule has 1 atom stereocenters. The van der Waals surface area contributed by atoms with Gasteiger partial charge in [-0.25, -0.2) is 0 Å². The lowest BCUT2D eigenvalue weighted by atomic mass is 10.0. The van der Waals surface area contributed by atoms with Crippen LogP contribution < -0.4 is 19.8 Å². The summed E-state index contributed by atoms with van der Waals surface area (Å²) in [5, 5.41) is 2.09. The molecular formula is C31H37NO5Si. The van der Waals surface area contributed by atoms with Gasteiger partial charge in [-0.3, -0.25) is 14.5 Å². The predicted molar refractivity (Wildman–Crippen MR) is 152 cm³/mol. The average Bonchev–Trinajstić information content (AvgIpc) is 3.26. The van der Waals surface area contributed by atoms with Crippen LogP contribution in [0.1, 0.15) is 39.2 Å². The van der Waals surface area contributed by atoms with Gasteiger partial charge in [0.25, 0.3) is 8.32 Å². The first kappa shape index (κ1) is 27.6. The highest BCUT2D eigenvalue weighted by molar-refractivity contribution is 6.99. The molecule has 0 unspecified atom stereocenters. The molecule has 6 nitrogen and oxygen atoms in total. The third kappa shape index (κ3) is 5.40. The van der Waals surface area contributed by atoms with Gasteiger partial charge in [0.15, 0.2) is 11.5 Å². The molecule has 1 fully saturated rings. The maximum Gasteiger partial charge on any atom is 0.261 e. The van der Waals surface area contributed by atoms with Crippen LogP contribution in [0.2, 0.25) is 5.04 Å². The molecule has 7 heteroatoms. The van der Waals surface area contributed by atoms with E-state index in [0.717, 1.165) is 15.9 Å². The quantitative estimate of drug-likeness (QED) is 0.288. The van der Waals surface area contributed by atoms with Crippen molar-refractivity contribution < 1.29 is 23.5 Å². The van der Waals surface area contributed by atoms with Gasteiger partial charge in [0.2, 0.25) is 11.8 Å². The van der Waals surface area contributed by atoms with Gasteiger partial charge in [-0.15, -0.1) is 0 Å². The van der Waals surface area contributed by atoms with Gasteiger partial charge in [-0.2, -0.15) is 0 Å². The van der Waals surface area contributed by atoms with E-state index in [4.69, 9.17) is 13.9 Å². The largest absolute Gasteiger partial charge is 0.493 e. The molecule has 3 aromatic rings. The van der Waals surface area contributed by atoms with Crippen LogP contribution in [0.25, 0.3) is 0 Å². The summed E-state index contributed by atoms with van der Waals surface area (Å²) in [6.45, 7) is 6.89. The third-order valence-corrected chi connectivity index (χ3v) is 12.3. The van der Waals surface area contributed by atoms with Gasteiger partial charge in [-0.1, -0.05) is 87.5 Å². The van der Waals surface area contributed by atoms with E-state index in [2.05, 4.69) is 45.0 Å². The number of likely N-dealkylation sites (tertiary alicyclic amines) is 1. The molecule has 3 aromatic carbocycles. The Morgan fingerprint density at radius 3 is 1.79 bits per heavy atom. The molecule has 0 radical (unpaired) electrons. The van der Waals surface area contributed by atoms with E-state index in [-0.39, 0.29) is 36.3 Å². The minimum absolute atomic E-state index is 0.147. The van der Waals surface area contributed by atoms with Crippen molar-refractivity contribution in [2.45, 2.75) is 51.1 Å². The Bertz CT molecular complexity index is 1200. The normalized spacial score (nSPS) is 15.0. The lowest BCUT2D eigenvalue weighted by Crippen LogP contribution is -2.67. The molecule has 1 aliphatic rings. The highest BCUT2D eigenvalue weighted by Gasteiger charge is 2.51. The average molecular weight is 532 g/mol. The Morgan fingerprint density at radius 2 is 1.32 bits per heavy atom. The van der Waals surface area contributed by atoms with Crippen molar-refractivity contribution in [3.05, 3.63) is 84.4 Å². The van der Waals surface area contributed by atoms with E-state index in [1.807, 2.05) is 54.6 Å². The molecule has 1 aliphatic heterocycles. The van der Waals surface area contributed by atoms with Crippen LogP contribution in [0.3, 0.4) is 0 Å². The van der Waals surface area contributed by atoms with Gasteiger partial charge in [-0.05, 0) is 39.5 Å². The summed E-state index contributed by atoms with van der Waals surface area (Å²) in [5.74, 6) is 0.943. The lowest BCUT2D eigenvalue weighted by Gasteiger charge is -2.44. The molecule has 0 aromatic heterocycles. The smallest absolute Gasteiger partial charge is 0.261 e. The van der Waals surface area contributed by atoms with E-state index < -0.39 is 14.4 Å². The predicted octanol–water partition coefficient (Wildman–Crippen LogP) is 4.34. The summed E-state index contributed by atoms with van der Waals surface area (Å²) in [6.07, 6.45) is 0.928. The van der Waals surface area contributed by atoms with Gasteiger partial charge in [0.05, 0.1) is 26.9 Å². The molecule has 0 saturated carbocycles. The van der Waals surface area contributed by atoms with E-state index >= 15 is 0 Å². The Labute approximate surface area is 226 Å². The number of carbonyl (C=O) groups excluding carboxylic acids is 2. The van der Waals surface area contributed by atoms with E-state index in [1.54, 1.807) is 14.2 Å². The van der Waals surface area contributed by atoms with Crippen LogP contribution >= 0.6 is 0 Å². The fourth-order valence-corrected chi connectivity index (χ4v) is 10.1. The summed E-state index contributed by atoms with van der Waals surface area (Å²) >= 11 is 0. The topological polar surface area (TPSA) is 65.1 Å². The number of hydrogen-bond donors (Lipinski definition) is 0. The first-order valence-corrected chi connectivity index (χ1v) is 14.9. The molecule has 0 bridgehead atoms. The molecule has 38 heavy (non-hydrogen) atoms. The third-order valence-electron chi connectivity index (χ3n) is 7.28. The highest BCUT2D eigenvalue weighted by atomic mass is 28.4. The van der Waals surface area contributed by atoms with Crippen LogP contribution in [0, 0.1) is 0 Å². The SMILES string of the molecule is COc1ccc(C[C@@H](CO[Si](c2ccccc2)(c2ccccc2)C(C)(C)C)N2C(=O)CCC2=O)cc1OC. The second-order valence-corrected chi connectivity index (χ2v) is 15.0. The Balaban J connectivity index is 1.76. The number of nitrogens with zero attached hydrogens (tertiary/aromatic N) is 1. The van der Waals surface area contributed by atoms with Crippen molar-refractivity contribution in [2.75, 3.05) is 20.8 Å². The van der Waals surface area contributed by atoms with Crippen molar-refractivity contribution in [3.63, 3.8) is 0 Å². The zero-order valence-corrected chi connectivity index (χ0v) is 23.9. The summed E-state index contributed by atoms with van der Waals surface area (Å²) in [6, 6.07) is 26.0. The summed E-state index contributed by atoms with van der Waals surface area (Å²) < 4.78 is 18.0. The summed E-state index contributed by atoms with van der Waals surface area (Å²) in [7, 11) is 0.342. The first-order chi connectivity index (χ1) is 18.2. The summed E-state index contributed by atoms with van der Waals surface area (Å²) in [4.78, 5) is 27.3. The molecule has 1 heterocycles. The molecule has 0 spiro atoms. The number of rotatable bonds is 10. The monoisotopic (exact) mass is 531 g/mol. The lowest BCUT2D eigenvalue weighted by molar-refractivity contribution is -0.141. The van der Waals surface area contributed by atoms with Gasteiger partial charge >= 0.3 is 0 Å². The van der Waals surface area contributed by atoms with Gasteiger partial charge < -0.3 is 13.9 Å². The standard InChI is InChI=1S/C31H37NO5Si/c1-31(2,3)38(25-12-8-6-9-13-25,26-14-10-7-11-15-26)37-22-24(32-29(33)18-19-30(32)34)20-23-16-17-27(35-4)28(21-23)36-5/h6-17,21,24H,18-20,22H2,1-5H3/t24-/m0/s1. The number of imide groups is 1. The molecule has 0 N–H and O–H groups in total. The van der Waals surface area contributed by atoms with Crippen LogP contribution in [0.5, 0.6) is 11.5 Å². The number of methoxy groups -OCH3 is 2. The van der Waals surface area contributed by atoms with Gasteiger partial charge in [0, 0.05) is 12.8 Å². The Kier molecular flexibility index (Phi) is 8.38. The maximum absolute atomic E-state index is 12.9. The molecule has 4 rings (SSSR count). The number of amides is 2. The molecule has 2 amide bonds. The van der Waals surface area contributed by atoms with Crippen LogP contribution in [-0.2, 0) is 20.4 Å². The summed E-state index contributed by atoms with van der Waals surface area (Å²) in [5.41, 5.74) is 0.936. The minimum Gasteiger partial charge on any atom is -0.493 e. The number of hydrogen-bond acceptors (Lipinski definition) is 5. The van der Waals surface area contributed by atoms with Crippen LogP contribution in [-0.4, -0.2) is 51.9 Å². The minimum atomic E-state index is -2.85. The van der Waals surface area contributed by atoms with Crippen molar-refractivity contribution in [3.8, 4) is 11.5 Å². The number of carbonyl (C=O) groups is 2. The van der Waals surface area contributed by atoms with Crippen molar-refractivity contribution in [1.82, 2.24) is 4.90 Å². The second kappa shape index (κ2) is 11.5. The molecule has 1 saturated heterocycles. The molecular weight excluding hydrogens is 494 g/mol. The molecule has 0 aliphatic carbocycles. The van der Waals surface area contributed by atoms with E-state index in [9.17, 15) is 9.59 Å². The van der Waals surface area contributed by atoms with E-state index in [0.29, 0.717) is 17.9 Å². The fourth-order valence-electron chi connectivity index (χ4n) is 5.49. The van der Waals surface area contributed by atoms with Crippen molar-refractivity contribution in [2.24, 2.45) is 0 Å². The van der Waals surface area contributed by atoms with E-state index in [1.165, 1.54) is 4.90 Å². The van der Waals surface area contributed by atoms with Gasteiger partial charge in [0.1, 0.15) is 0 Å². The fraction of sp³-hybridized carbons (Fsp3) is 0.355. The van der Waals surface area contributed by atoms with Crippen molar-refractivity contribution >= 4 is 30.5 Å². The molecule has 200 valence electrons. The Hall–Kier alpha value is -3.42. The highest BCUT2D eigenvalue weighted by Crippen LogP contribution is 2.37. The second-order valence-electron chi connectivity index (χ2n) is 10.7. The first-order valence-electron chi connectivity index (χ1n) is 13.0. The number of benzene rings is 3. The van der Waals surface area contributed by atoms with Crippen LogP contribution in [0.15, 0.2) is 78.9 Å². The van der Waals surface area contributed by atoms with Crippen molar-refractivity contribution in [1.29, 1.82) is 0 Å².